The van der Waals surface area contributed by atoms with Gasteiger partial charge in [-0.15, -0.1) is 11.3 Å². The minimum atomic E-state index is -0.182. The molecule has 1 amide bonds. The minimum absolute atomic E-state index is 0.102. The van der Waals surface area contributed by atoms with Crippen LogP contribution >= 0.6 is 11.3 Å². The Balaban J connectivity index is 1.86. The van der Waals surface area contributed by atoms with E-state index in [9.17, 15) is 4.79 Å². The number of aryl methyl sites for hydroxylation is 2. The van der Waals surface area contributed by atoms with Gasteiger partial charge in [-0.25, -0.2) is 15.0 Å². The maximum atomic E-state index is 12.6. The maximum absolute atomic E-state index is 12.6. The van der Waals surface area contributed by atoms with Gasteiger partial charge in [0.1, 0.15) is 5.82 Å². The average Bonchev–Trinajstić information content (AvgIpc) is 2.99. The molecular formula is C17H22N4OS. The lowest BCUT2D eigenvalue weighted by Gasteiger charge is -2.15. The molecule has 1 aliphatic rings. The first kappa shape index (κ1) is 16.1. The number of hydrogen-bond acceptors (Lipinski definition) is 5. The Morgan fingerprint density at radius 2 is 2.09 bits per heavy atom. The molecule has 0 saturated carbocycles. The van der Waals surface area contributed by atoms with Gasteiger partial charge in [-0.05, 0) is 25.7 Å². The van der Waals surface area contributed by atoms with Crippen molar-refractivity contribution in [1.82, 2.24) is 15.0 Å². The monoisotopic (exact) mass is 330 g/mol. The van der Waals surface area contributed by atoms with E-state index in [1.54, 1.807) is 17.5 Å². The van der Waals surface area contributed by atoms with Crippen LogP contribution in [0.25, 0.3) is 0 Å². The van der Waals surface area contributed by atoms with E-state index in [4.69, 9.17) is 0 Å². The zero-order valence-electron chi connectivity index (χ0n) is 14.2. The summed E-state index contributed by atoms with van der Waals surface area (Å²) in [5.74, 6) is 0.664. The minimum Gasteiger partial charge on any atom is -0.298 e. The number of nitrogens with zero attached hydrogens (tertiary/aromatic N) is 3. The van der Waals surface area contributed by atoms with Crippen LogP contribution in [0.5, 0.6) is 0 Å². The highest BCUT2D eigenvalue weighted by atomic mass is 32.1. The number of nitrogens with one attached hydrogen (secondary N) is 1. The molecule has 0 spiro atoms. The van der Waals surface area contributed by atoms with Crippen LogP contribution in [0.2, 0.25) is 0 Å². The molecule has 0 unspecified atom stereocenters. The normalized spacial score (nSPS) is 15.7. The van der Waals surface area contributed by atoms with E-state index >= 15 is 0 Å². The maximum Gasteiger partial charge on any atom is 0.260 e. The lowest BCUT2D eigenvalue weighted by atomic mass is 9.91. The molecule has 122 valence electrons. The zero-order chi connectivity index (χ0) is 16.8. The van der Waals surface area contributed by atoms with Crippen LogP contribution in [0.15, 0.2) is 6.20 Å². The van der Waals surface area contributed by atoms with Crippen molar-refractivity contribution in [1.29, 1.82) is 0 Å². The number of fused-ring (bicyclic) bond motifs is 1. The fourth-order valence-corrected chi connectivity index (χ4v) is 4.05. The van der Waals surface area contributed by atoms with Gasteiger partial charge in [0.2, 0.25) is 0 Å². The van der Waals surface area contributed by atoms with Gasteiger partial charge in [0, 0.05) is 16.5 Å². The molecule has 6 heteroatoms. The molecule has 1 aliphatic carbocycles. The number of thiazole rings is 1. The topological polar surface area (TPSA) is 67.8 Å². The van der Waals surface area contributed by atoms with Crippen LogP contribution in [-0.2, 0) is 11.8 Å². The first-order valence-corrected chi connectivity index (χ1v) is 8.74. The predicted octanol–water partition coefficient (Wildman–Crippen LogP) is 3.84. The number of carbonyl (C=O) groups excluding carboxylic acids is 1. The molecule has 0 bridgehead atoms. The van der Waals surface area contributed by atoms with Crippen molar-refractivity contribution in [2.24, 2.45) is 0 Å². The van der Waals surface area contributed by atoms with Crippen molar-refractivity contribution in [3.05, 3.63) is 33.8 Å². The van der Waals surface area contributed by atoms with Gasteiger partial charge >= 0.3 is 0 Å². The summed E-state index contributed by atoms with van der Waals surface area (Å²) in [5, 5.41) is 3.60. The van der Waals surface area contributed by atoms with E-state index in [1.165, 1.54) is 4.88 Å². The standard InChI is InChI=1S/C17H22N4OS/c1-9(2)13-11(8-18-10(3)19-13)15(22)21-16-20-14-12(23-16)6-7-17(14,4)5/h8-9H,6-7H2,1-5H3,(H,20,21,22). The third kappa shape index (κ3) is 3.00. The number of aromatic nitrogens is 3. The molecule has 1 N–H and O–H groups in total. The smallest absolute Gasteiger partial charge is 0.260 e. The lowest BCUT2D eigenvalue weighted by molar-refractivity contribution is 0.102. The third-order valence-corrected chi connectivity index (χ3v) is 5.30. The van der Waals surface area contributed by atoms with Crippen molar-refractivity contribution in [3.8, 4) is 0 Å². The van der Waals surface area contributed by atoms with Crippen molar-refractivity contribution < 1.29 is 4.79 Å². The summed E-state index contributed by atoms with van der Waals surface area (Å²) in [6.45, 7) is 10.3. The SMILES string of the molecule is Cc1ncc(C(=O)Nc2nc3c(s2)CCC3(C)C)c(C(C)C)n1. The van der Waals surface area contributed by atoms with Gasteiger partial charge in [0.15, 0.2) is 5.13 Å². The van der Waals surface area contributed by atoms with Gasteiger partial charge in [-0.2, -0.15) is 0 Å². The van der Waals surface area contributed by atoms with Gasteiger partial charge < -0.3 is 0 Å². The predicted molar refractivity (Wildman–Crippen MR) is 92.3 cm³/mol. The highest BCUT2D eigenvalue weighted by molar-refractivity contribution is 7.16. The highest BCUT2D eigenvalue weighted by Crippen LogP contribution is 2.42. The molecule has 0 radical (unpaired) electrons. The van der Waals surface area contributed by atoms with Crippen LogP contribution in [-0.4, -0.2) is 20.9 Å². The molecule has 5 nitrogen and oxygen atoms in total. The summed E-state index contributed by atoms with van der Waals surface area (Å²) < 4.78 is 0. The van der Waals surface area contributed by atoms with Gasteiger partial charge in [-0.1, -0.05) is 27.7 Å². The molecule has 23 heavy (non-hydrogen) atoms. The number of rotatable bonds is 3. The largest absolute Gasteiger partial charge is 0.298 e. The molecule has 0 aromatic carbocycles. The van der Waals surface area contributed by atoms with Crippen LogP contribution in [0, 0.1) is 6.92 Å². The molecule has 3 rings (SSSR count). The summed E-state index contributed by atoms with van der Waals surface area (Å²) in [6.07, 6.45) is 3.78. The third-order valence-electron chi connectivity index (χ3n) is 4.27. The van der Waals surface area contributed by atoms with Crippen LogP contribution in [0.1, 0.15) is 72.5 Å². The van der Waals surface area contributed by atoms with E-state index in [0.29, 0.717) is 16.5 Å². The fraction of sp³-hybridized carbons (Fsp3) is 0.529. The van der Waals surface area contributed by atoms with Gasteiger partial charge in [-0.3, -0.25) is 10.1 Å². The first-order valence-electron chi connectivity index (χ1n) is 7.93. The van der Waals surface area contributed by atoms with Crippen molar-refractivity contribution in [2.75, 3.05) is 5.32 Å². The van der Waals surface area contributed by atoms with Gasteiger partial charge in [0.25, 0.3) is 5.91 Å². The Hall–Kier alpha value is -1.82. The van der Waals surface area contributed by atoms with E-state index in [1.807, 2.05) is 20.8 Å². The molecule has 0 atom stereocenters. The van der Waals surface area contributed by atoms with E-state index in [0.717, 1.165) is 24.2 Å². The Labute approximate surface area is 140 Å². The Morgan fingerprint density at radius 3 is 2.74 bits per heavy atom. The first-order chi connectivity index (χ1) is 10.8. The number of carbonyl (C=O) groups is 1. The second-order valence-electron chi connectivity index (χ2n) is 7.00. The summed E-state index contributed by atoms with van der Waals surface area (Å²) >= 11 is 1.58. The second-order valence-corrected chi connectivity index (χ2v) is 8.08. The number of hydrogen-bond donors (Lipinski definition) is 1. The summed E-state index contributed by atoms with van der Waals surface area (Å²) in [4.78, 5) is 27.1. The number of amides is 1. The van der Waals surface area contributed by atoms with Crippen molar-refractivity contribution in [3.63, 3.8) is 0 Å². The van der Waals surface area contributed by atoms with Gasteiger partial charge in [0.05, 0.1) is 17.0 Å². The molecule has 2 aromatic rings. The van der Waals surface area contributed by atoms with Crippen molar-refractivity contribution >= 4 is 22.4 Å². The van der Waals surface area contributed by atoms with Crippen molar-refractivity contribution in [2.45, 2.75) is 58.8 Å². The lowest BCUT2D eigenvalue weighted by Crippen LogP contribution is -2.18. The molecule has 0 fully saturated rings. The fourth-order valence-electron chi connectivity index (χ4n) is 2.91. The molecule has 2 heterocycles. The summed E-state index contributed by atoms with van der Waals surface area (Å²) in [6, 6.07) is 0. The van der Waals surface area contributed by atoms with Crippen LogP contribution in [0.4, 0.5) is 5.13 Å². The molecule has 0 saturated heterocycles. The summed E-state index contributed by atoms with van der Waals surface area (Å²) in [7, 11) is 0. The second kappa shape index (κ2) is 5.67. The Bertz CT molecular complexity index is 764. The Morgan fingerprint density at radius 1 is 1.35 bits per heavy atom. The zero-order valence-corrected chi connectivity index (χ0v) is 15.0. The quantitative estimate of drug-likeness (QED) is 0.928. The average molecular weight is 330 g/mol. The highest BCUT2D eigenvalue weighted by Gasteiger charge is 2.34. The molecular weight excluding hydrogens is 308 g/mol. The molecule has 0 aliphatic heterocycles. The van der Waals surface area contributed by atoms with E-state index in [2.05, 4.69) is 34.1 Å². The summed E-state index contributed by atoms with van der Waals surface area (Å²) in [5.41, 5.74) is 2.53. The number of anilines is 1. The van der Waals surface area contributed by atoms with E-state index in [-0.39, 0.29) is 17.2 Å². The molecule has 2 aromatic heterocycles. The van der Waals surface area contributed by atoms with Crippen LogP contribution < -0.4 is 5.32 Å². The van der Waals surface area contributed by atoms with E-state index < -0.39 is 0 Å². The van der Waals surface area contributed by atoms with Crippen LogP contribution in [0.3, 0.4) is 0 Å². The Kier molecular flexibility index (Phi) is 3.96.